The van der Waals surface area contributed by atoms with Crippen LogP contribution in [0.5, 0.6) is 0 Å². The summed E-state index contributed by atoms with van der Waals surface area (Å²) in [5.74, 6) is 0.156. The molecule has 0 spiro atoms. The van der Waals surface area contributed by atoms with Gasteiger partial charge in [-0.05, 0) is 11.5 Å². The van der Waals surface area contributed by atoms with Crippen molar-refractivity contribution >= 4 is 16.1 Å². The van der Waals surface area contributed by atoms with E-state index in [0.29, 0.717) is 6.42 Å². The highest BCUT2D eigenvalue weighted by molar-refractivity contribution is 7.95. The molecule has 0 bridgehead atoms. The zero-order valence-electron chi connectivity index (χ0n) is 8.24. The number of nitrogens with zero attached hydrogens (tertiary/aromatic N) is 1. The number of rotatable bonds is 2. The van der Waals surface area contributed by atoms with Crippen molar-refractivity contribution in [2.24, 2.45) is 10.4 Å². The third-order valence-corrected chi connectivity index (χ3v) is 3.71. The fraction of sp³-hybridized carbons (Fsp3) is 0.667. The minimum absolute atomic E-state index is 0.156. The van der Waals surface area contributed by atoms with Crippen LogP contribution < -0.4 is 0 Å². The molecule has 0 aromatic carbocycles. The van der Waals surface area contributed by atoms with Crippen LogP contribution in [0.2, 0.25) is 0 Å². The van der Waals surface area contributed by atoms with Gasteiger partial charge in [0, 0.05) is 12.6 Å². The Kier molecular flexibility index (Phi) is 2.61. The fourth-order valence-corrected chi connectivity index (χ4v) is 3.07. The highest BCUT2D eigenvalue weighted by atomic mass is 32.2. The van der Waals surface area contributed by atoms with Crippen molar-refractivity contribution in [3.63, 3.8) is 0 Å². The number of sulfone groups is 1. The lowest BCUT2D eigenvalue weighted by molar-refractivity contribution is 0.463. The van der Waals surface area contributed by atoms with Gasteiger partial charge in [0.1, 0.15) is 0 Å². The van der Waals surface area contributed by atoms with Crippen LogP contribution >= 0.6 is 0 Å². The Morgan fingerprint density at radius 1 is 1.46 bits per heavy atom. The first-order chi connectivity index (χ1) is 5.81. The molecule has 0 atom stereocenters. The van der Waals surface area contributed by atoms with Crippen LogP contribution in [0.3, 0.4) is 0 Å². The van der Waals surface area contributed by atoms with E-state index >= 15 is 0 Å². The second-order valence-corrected chi connectivity index (χ2v) is 6.35. The summed E-state index contributed by atoms with van der Waals surface area (Å²) in [4.78, 5) is 3.84. The highest BCUT2D eigenvalue weighted by Gasteiger charge is 2.25. The maximum Gasteiger partial charge on any atom is 0.195 e. The lowest BCUT2D eigenvalue weighted by Gasteiger charge is -2.17. The molecule has 0 radical (unpaired) electrons. The van der Waals surface area contributed by atoms with E-state index in [1.807, 2.05) is 20.8 Å². The normalized spacial score (nSPS) is 17.6. The maximum absolute atomic E-state index is 11.7. The number of hydrogen-bond donors (Lipinski definition) is 0. The Bertz CT molecular complexity index is 344. The number of hydrogen-bond acceptors (Lipinski definition) is 3. The van der Waals surface area contributed by atoms with E-state index in [-0.39, 0.29) is 16.2 Å². The second-order valence-electron chi connectivity index (χ2n) is 4.41. The van der Waals surface area contributed by atoms with Crippen molar-refractivity contribution in [3.8, 4) is 0 Å². The first-order valence-electron chi connectivity index (χ1n) is 4.27. The predicted octanol–water partition coefficient (Wildman–Crippen LogP) is 1.76. The van der Waals surface area contributed by atoms with Crippen molar-refractivity contribution < 1.29 is 8.42 Å². The van der Waals surface area contributed by atoms with E-state index in [9.17, 15) is 8.42 Å². The average molecular weight is 201 g/mol. The molecule has 0 fully saturated rings. The smallest absolute Gasteiger partial charge is 0.195 e. The van der Waals surface area contributed by atoms with Crippen LogP contribution in [0.15, 0.2) is 16.1 Å². The van der Waals surface area contributed by atoms with Gasteiger partial charge in [0.2, 0.25) is 0 Å². The van der Waals surface area contributed by atoms with Gasteiger partial charge in [-0.25, -0.2) is 13.4 Å². The molecule has 0 unspecified atom stereocenters. The summed E-state index contributed by atoms with van der Waals surface area (Å²) >= 11 is 0. The molecule has 1 rings (SSSR count). The molecule has 0 aliphatic carbocycles. The molecule has 0 aromatic heterocycles. The summed E-state index contributed by atoms with van der Waals surface area (Å²) in [7, 11) is -3.15. The van der Waals surface area contributed by atoms with Gasteiger partial charge in [0.25, 0.3) is 0 Å². The van der Waals surface area contributed by atoms with E-state index in [4.69, 9.17) is 0 Å². The van der Waals surface area contributed by atoms with E-state index in [2.05, 4.69) is 4.99 Å². The summed E-state index contributed by atoms with van der Waals surface area (Å²) in [6.07, 6.45) is 3.91. The van der Waals surface area contributed by atoms with Gasteiger partial charge >= 0.3 is 0 Å². The van der Waals surface area contributed by atoms with E-state index in [1.165, 1.54) is 0 Å². The summed E-state index contributed by atoms with van der Waals surface area (Å²) < 4.78 is 23.3. The fourth-order valence-electron chi connectivity index (χ4n) is 1.20. The summed E-state index contributed by atoms with van der Waals surface area (Å²) in [6, 6.07) is 0. The molecule has 0 N–H and O–H groups in total. The van der Waals surface area contributed by atoms with E-state index in [0.717, 1.165) is 0 Å². The Balaban J connectivity index is 2.84. The van der Waals surface area contributed by atoms with Crippen LogP contribution in [0.4, 0.5) is 0 Å². The molecule has 0 saturated carbocycles. The van der Waals surface area contributed by atoms with E-state index in [1.54, 1.807) is 12.3 Å². The van der Waals surface area contributed by atoms with Crippen molar-refractivity contribution in [2.75, 3.05) is 5.75 Å². The molecule has 3 nitrogen and oxygen atoms in total. The number of allylic oxidation sites excluding steroid dienone is 1. The summed E-state index contributed by atoms with van der Waals surface area (Å²) in [5.41, 5.74) is -0.211. The number of aliphatic imine (C=N–C) groups is 1. The van der Waals surface area contributed by atoms with Gasteiger partial charge in [-0.2, -0.15) is 0 Å². The van der Waals surface area contributed by atoms with Crippen LogP contribution in [0.1, 0.15) is 27.2 Å². The van der Waals surface area contributed by atoms with E-state index < -0.39 is 9.84 Å². The Morgan fingerprint density at radius 3 is 2.46 bits per heavy atom. The summed E-state index contributed by atoms with van der Waals surface area (Å²) in [5, 5.41) is 0.238. The molecule has 0 amide bonds. The van der Waals surface area contributed by atoms with Gasteiger partial charge < -0.3 is 0 Å². The van der Waals surface area contributed by atoms with Crippen LogP contribution in [-0.2, 0) is 9.84 Å². The summed E-state index contributed by atoms with van der Waals surface area (Å²) in [6.45, 7) is 5.72. The second kappa shape index (κ2) is 3.25. The Hall–Kier alpha value is -0.640. The predicted molar refractivity (Wildman–Crippen MR) is 54.4 cm³/mol. The van der Waals surface area contributed by atoms with Crippen molar-refractivity contribution in [1.82, 2.24) is 0 Å². The zero-order chi connectivity index (χ0) is 10.1. The van der Waals surface area contributed by atoms with Crippen LogP contribution in [-0.4, -0.2) is 20.4 Å². The van der Waals surface area contributed by atoms with Crippen molar-refractivity contribution in [2.45, 2.75) is 27.2 Å². The molecular weight excluding hydrogens is 186 g/mol. The third-order valence-electron chi connectivity index (χ3n) is 1.56. The molecular formula is C9H15NO2S. The minimum atomic E-state index is -3.15. The zero-order valence-corrected chi connectivity index (χ0v) is 9.06. The maximum atomic E-state index is 11.7. The van der Waals surface area contributed by atoms with Crippen molar-refractivity contribution in [3.05, 3.63) is 11.1 Å². The quantitative estimate of drug-likeness (QED) is 0.683. The Labute approximate surface area is 79.5 Å². The largest absolute Gasteiger partial charge is 0.249 e. The molecule has 4 heteroatoms. The lowest BCUT2D eigenvalue weighted by atomic mass is 10.0. The molecule has 0 aromatic rings. The van der Waals surface area contributed by atoms with Gasteiger partial charge in [-0.15, -0.1) is 0 Å². The minimum Gasteiger partial charge on any atom is -0.249 e. The van der Waals surface area contributed by atoms with Crippen molar-refractivity contribution in [1.29, 1.82) is 0 Å². The monoisotopic (exact) mass is 201 g/mol. The van der Waals surface area contributed by atoms with Gasteiger partial charge in [0.05, 0.1) is 5.75 Å². The first-order valence-corrected chi connectivity index (χ1v) is 5.92. The highest BCUT2D eigenvalue weighted by Crippen LogP contribution is 2.23. The van der Waals surface area contributed by atoms with Gasteiger partial charge in [0.15, 0.2) is 14.9 Å². The lowest BCUT2D eigenvalue weighted by Crippen LogP contribution is -2.21. The topological polar surface area (TPSA) is 46.5 Å². The molecule has 1 heterocycles. The third kappa shape index (κ3) is 2.95. The SMILES string of the molecule is CC(C)(C)CS(=O)(=O)C1=CCC=N1. The standard InChI is InChI=1S/C9H15NO2S/c1-9(2,3)7-13(11,12)8-5-4-6-10-8/h5-6H,4,7H2,1-3H3. The average Bonchev–Trinajstić information content (AvgIpc) is 2.29. The molecule has 1 aliphatic rings. The molecule has 74 valence electrons. The van der Waals surface area contributed by atoms with Crippen LogP contribution in [0.25, 0.3) is 0 Å². The first kappa shape index (κ1) is 10.4. The Morgan fingerprint density at radius 2 is 2.08 bits per heavy atom. The molecule has 0 saturated heterocycles. The molecule has 13 heavy (non-hydrogen) atoms. The van der Waals surface area contributed by atoms with Crippen LogP contribution in [0, 0.1) is 5.41 Å². The molecule has 1 aliphatic heterocycles. The van der Waals surface area contributed by atoms with Gasteiger partial charge in [-0.1, -0.05) is 20.8 Å². The van der Waals surface area contributed by atoms with Gasteiger partial charge in [-0.3, -0.25) is 0 Å².